The normalized spacial score (nSPS) is 38.0. The molecule has 20 heavy (non-hydrogen) atoms. The average molecular weight is 278 g/mol. The molecule has 0 aromatic heterocycles. The summed E-state index contributed by atoms with van der Waals surface area (Å²) in [6.45, 7) is 4.16. The molecule has 3 atom stereocenters. The van der Waals surface area contributed by atoms with Gasteiger partial charge in [-0.1, -0.05) is 45.1 Å². The topological polar surface area (TPSA) is 29.5 Å². The van der Waals surface area contributed by atoms with E-state index in [-0.39, 0.29) is 6.10 Å². The van der Waals surface area contributed by atoms with Crippen molar-refractivity contribution in [2.45, 2.75) is 88.9 Å². The molecule has 0 aromatic rings. The molecular weight excluding hydrogens is 248 g/mol. The smallest absolute Gasteiger partial charge is 0.101 e. The lowest BCUT2D eigenvalue weighted by Gasteiger charge is -2.44. The second kappa shape index (κ2) is 6.62. The zero-order valence-electron chi connectivity index (χ0n) is 12.7. The van der Waals surface area contributed by atoms with Crippen LogP contribution in [0.5, 0.6) is 0 Å². The van der Waals surface area contributed by atoms with Crippen molar-refractivity contribution < 1.29 is 9.84 Å². The van der Waals surface area contributed by atoms with Gasteiger partial charge < -0.3 is 9.84 Å². The lowest BCUT2D eigenvalue weighted by Crippen LogP contribution is -2.47. The van der Waals surface area contributed by atoms with Crippen molar-refractivity contribution in [2.75, 3.05) is 0 Å². The summed E-state index contributed by atoms with van der Waals surface area (Å²) in [4.78, 5) is 0. The first-order valence-electron chi connectivity index (χ1n) is 8.77. The first-order valence-corrected chi connectivity index (χ1v) is 8.77. The minimum atomic E-state index is -0.419. The predicted molar refractivity (Wildman–Crippen MR) is 81.6 cm³/mol. The fourth-order valence-corrected chi connectivity index (χ4v) is 4.55. The van der Waals surface area contributed by atoms with E-state index >= 15 is 0 Å². The summed E-state index contributed by atoms with van der Waals surface area (Å²) < 4.78 is 6.44. The summed E-state index contributed by atoms with van der Waals surface area (Å²) in [5.41, 5.74) is 1.03. The van der Waals surface area contributed by atoms with E-state index in [1.807, 2.05) is 0 Å². The fourth-order valence-electron chi connectivity index (χ4n) is 4.55. The number of rotatable bonds is 2. The Hall–Kier alpha value is -0.340. The molecule has 3 fully saturated rings. The van der Waals surface area contributed by atoms with Gasteiger partial charge in [-0.2, -0.15) is 0 Å². The van der Waals surface area contributed by atoms with Gasteiger partial charge in [0.15, 0.2) is 0 Å². The lowest BCUT2D eigenvalue weighted by atomic mass is 9.76. The van der Waals surface area contributed by atoms with Gasteiger partial charge in [-0.25, -0.2) is 0 Å². The molecular formula is C18H30O2. The van der Waals surface area contributed by atoms with E-state index in [2.05, 4.69) is 6.58 Å². The van der Waals surface area contributed by atoms with Crippen molar-refractivity contribution in [3.8, 4) is 0 Å². The molecule has 2 aliphatic carbocycles. The Balaban J connectivity index is 1.66. The molecule has 0 aromatic carbocycles. The molecule has 1 saturated heterocycles. The zero-order valence-corrected chi connectivity index (χ0v) is 12.7. The van der Waals surface area contributed by atoms with Crippen LogP contribution in [0.3, 0.4) is 0 Å². The molecule has 1 heterocycles. The highest BCUT2D eigenvalue weighted by atomic mass is 16.5. The number of ether oxygens (including phenoxy) is 1. The van der Waals surface area contributed by atoms with Crippen LogP contribution in [0.15, 0.2) is 12.2 Å². The predicted octanol–water partition coefficient (Wildman–Crippen LogP) is 4.22. The third kappa shape index (κ3) is 3.12. The van der Waals surface area contributed by atoms with E-state index in [4.69, 9.17) is 4.74 Å². The SMILES string of the molecule is C=C1C[C@@H](C2CCCCC2)O[C@@H](C2CCCCC2)[C@H]1O. The van der Waals surface area contributed by atoms with Gasteiger partial charge in [0.25, 0.3) is 0 Å². The quantitative estimate of drug-likeness (QED) is 0.766. The summed E-state index contributed by atoms with van der Waals surface area (Å²) in [6, 6.07) is 0. The summed E-state index contributed by atoms with van der Waals surface area (Å²) >= 11 is 0. The average Bonchev–Trinajstić information content (AvgIpc) is 2.51. The summed E-state index contributed by atoms with van der Waals surface area (Å²) in [5.74, 6) is 1.26. The van der Waals surface area contributed by atoms with Crippen LogP contribution < -0.4 is 0 Å². The minimum absolute atomic E-state index is 0.0310. The highest BCUT2D eigenvalue weighted by Crippen LogP contribution is 2.40. The largest absolute Gasteiger partial charge is 0.386 e. The van der Waals surface area contributed by atoms with E-state index in [9.17, 15) is 5.11 Å². The van der Waals surface area contributed by atoms with E-state index in [0.717, 1.165) is 12.0 Å². The number of aliphatic hydroxyl groups excluding tert-OH is 1. The van der Waals surface area contributed by atoms with Crippen LogP contribution in [0.4, 0.5) is 0 Å². The lowest BCUT2D eigenvalue weighted by molar-refractivity contribution is -0.142. The van der Waals surface area contributed by atoms with Crippen LogP contribution in [-0.2, 0) is 4.74 Å². The maximum absolute atomic E-state index is 10.5. The van der Waals surface area contributed by atoms with E-state index in [0.29, 0.717) is 17.9 Å². The Labute approximate surface area is 123 Å². The van der Waals surface area contributed by atoms with Gasteiger partial charge in [-0.3, -0.25) is 0 Å². The van der Waals surface area contributed by atoms with Crippen molar-refractivity contribution in [1.29, 1.82) is 0 Å². The van der Waals surface area contributed by atoms with Gasteiger partial charge in [0.1, 0.15) is 6.10 Å². The van der Waals surface area contributed by atoms with Gasteiger partial charge in [0.2, 0.25) is 0 Å². The van der Waals surface area contributed by atoms with Gasteiger partial charge in [-0.15, -0.1) is 0 Å². The fraction of sp³-hybridized carbons (Fsp3) is 0.889. The first-order chi connectivity index (χ1) is 9.75. The van der Waals surface area contributed by atoms with Crippen molar-refractivity contribution in [3.05, 3.63) is 12.2 Å². The molecule has 0 spiro atoms. The van der Waals surface area contributed by atoms with Crippen LogP contribution in [0.1, 0.15) is 70.6 Å². The van der Waals surface area contributed by atoms with Crippen LogP contribution in [0, 0.1) is 11.8 Å². The molecule has 0 unspecified atom stereocenters. The van der Waals surface area contributed by atoms with Crippen LogP contribution in [0.2, 0.25) is 0 Å². The Bertz CT molecular complexity index is 326. The molecule has 114 valence electrons. The molecule has 2 heteroatoms. The van der Waals surface area contributed by atoms with Gasteiger partial charge >= 0.3 is 0 Å². The van der Waals surface area contributed by atoms with Crippen LogP contribution in [0.25, 0.3) is 0 Å². The van der Waals surface area contributed by atoms with Crippen molar-refractivity contribution in [2.24, 2.45) is 11.8 Å². The van der Waals surface area contributed by atoms with Crippen molar-refractivity contribution in [1.82, 2.24) is 0 Å². The molecule has 1 N–H and O–H groups in total. The zero-order chi connectivity index (χ0) is 13.9. The van der Waals surface area contributed by atoms with Crippen LogP contribution in [-0.4, -0.2) is 23.4 Å². The van der Waals surface area contributed by atoms with Gasteiger partial charge in [0, 0.05) is 0 Å². The molecule has 3 rings (SSSR count). The number of hydrogen-bond acceptors (Lipinski definition) is 2. The molecule has 0 bridgehead atoms. The Morgan fingerprint density at radius 1 is 0.850 bits per heavy atom. The molecule has 1 aliphatic heterocycles. The summed E-state index contributed by atoms with van der Waals surface area (Å²) in [5, 5.41) is 10.5. The van der Waals surface area contributed by atoms with Gasteiger partial charge in [-0.05, 0) is 49.5 Å². The Kier molecular flexibility index (Phi) is 4.83. The second-order valence-electron chi connectivity index (χ2n) is 7.24. The maximum Gasteiger partial charge on any atom is 0.101 e. The Morgan fingerprint density at radius 2 is 1.40 bits per heavy atom. The first kappa shape index (κ1) is 14.6. The molecule has 2 nitrogen and oxygen atoms in total. The van der Waals surface area contributed by atoms with E-state index in [1.54, 1.807) is 0 Å². The van der Waals surface area contributed by atoms with Gasteiger partial charge in [0.05, 0.1) is 12.2 Å². The third-order valence-corrected chi connectivity index (χ3v) is 5.81. The summed E-state index contributed by atoms with van der Waals surface area (Å²) in [6.07, 6.45) is 14.0. The highest BCUT2D eigenvalue weighted by molar-refractivity contribution is 5.11. The van der Waals surface area contributed by atoms with Crippen molar-refractivity contribution >= 4 is 0 Å². The summed E-state index contributed by atoms with van der Waals surface area (Å²) in [7, 11) is 0. The van der Waals surface area contributed by atoms with Crippen molar-refractivity contribution in [3.63, 3.8) is 0 Å². The number of hydrogen-bond donors (Lipinski definition) is 1. The van der Waals surface area contributed by atoms with Crippen LogP contribution >= 0.6 is 0 Å². The standard InChI is InChI=1S/C18H30O2/c1-13-12-16(14-8-4-2-5-9-14)20-18(17(13)19)15-10-6-3-7-11-15/h14-19H,1-12H2/t16-,17-,18-/m0/s1. The van der Waals surface area contributed by atoms with E-state index in [1.165, 1.54) is 64.2 Å². The monoisotopic (exact) mass is 278 g/mol. The highest BCUT2D eigenvalue weighted by Gasteiger charge is 2.40. The second-order valence-corrected chi connectivity index (χ2v) is 7.24. The van der Waals surface area contributed by atoms with E-state index < -0.39 is 6.10 Å². The third-order valence-electron chi connectivity index (χ3n) is 5.81. The molecule has 3 aliphatic rings. The number of aliphatic hydroxyl groups is 1. The molecule has 2 saturated carbocycles. The molecule has 0 radical (unpaired) electrons. The Morgan fingerprint density at radius 3 is 2.00 bits per heavy atom. The maximum atomic E-state index is 10.5. The minimum Gasteiger partial charge on any atom is -0.386 e. The molecule has 0 amide bonds.